The van der Waals surface area contributed by atoms with Crippen LogP contribution < -0.4 is 0 Å². The Bertz CT molecular complexity index is 946. The van der Waals surface area contributed by atoms with Gasteiger partial charge in [0.05, 0.1) is 42.1 Å². The maximum absolute atomic E-state index is 13.1. The summed E-state index contributed by atoms with van der Waals surface area (Å²) in [7, 11) is 0. The predicted octanol–water partition coefficient (Wildman–Crippen LogP) is 2.24. The highest BCUT2D eigenvalue weighted by molar-refractivity contribution is 7.99. The van der Waals surface area contributed by atoms with Gasteiger partial charge in [0.25, 0.3) is 5.69 Å². The molecule has 0 fully saturated rings. The number of aliphatic hydroxyl groups is 2. The molecule has 0 saturated heterocycles. The lowest BCUT2D eigenvalue weighted by Crippen LogP contribution is -2.37. The van der Waals surface area contributed by atoms with Gasteiger partial charge in [0.2, 0.25) is 0 Å². The van der Waals surface area contributed by atoms with Gasteiger partial charge in [-0.05, 0) is 26.3 Å². The van der Waals surface area contributed by atoms with Gasteiger partial charge in [-0.15, -0.1) is 0 Å². The van der Waals surface area contributed by atoms with E-state index in [1.165, 1.54) is 30.0 Å². The number of carbonyl (C=O) groups is 2. The number of benzene rings is 1. The summed E-state index contributed by atoms with van der Waals surface area (Å²) in [5, 5.41) is 30.1. The third kappa shape index (κ3) is 6.62. The van der Waals surface area contributed by atoms with Crippen LogP contribution in [0.1, 0.15) is 32.3 Å². The first-order valence-corrected chi connectivity index (χ1v) is 11.6. The van der Waals surface area contributed by atoms with Crippen LogP contribution in [0.3, 0.4) is 0 Å². The van der Waals surface area contributed by atoms with E-state index in [0.29, 0.717) is 17.0 Å². The minimum atomic E-state index is -0.969. The Balaban J connectivity index is 2.65. The summed E-state index contributed by atoms with van der Waals surface area (Å²) in [5.74, 6) is -2.75. The van der Waals surface area contributed by atoms with Crippen LogP contribution >= 0.6 is 11.8 Å². The molecular weight excluding hydrogens is 452 g/mol. The fraction of sp³-hybridized carbons (Fsp3) is 0.500. The van der Waals surface area contributed by atoms with E-state index in [1.54, 1.807) is 26.8 Å². The zero-order valence-corrected chi connectivity index (χ0v) is 19.5. The largest absolute Gasteiger partial charge is 0.465 e. The number of nitro groups is 1. The standard InChI is InChI=1S/C22H28N2O8S/c1-4-31-21(27)18-13(3)23-17(12-33-11-16(26)10-25)20(22(28)32-5-2)19(18)14-7-6-8-15(9-14)24(29)30/h6-9,16,18-19,25-26H,4-5,10-12H2,1-3H3. The minimum absolute atomic E-state index is 0.0837. The van der Waals surface area contributed by atoms with E-state index in [9.17, 15) is 24.8 Å². The average molecular weight is 481 g/mol. The second-order valence-electron chi connectivity index (χ2n) is 7.25. The maximum atomic E-state index is 13.1. The Morgan fingerprint density at radius 1 is 1.27 bits per heavy atom. The Labute approximate surface area is 195 Å². The van der Waals surface area contributed by atoms with Crippen molar-refractivity contribution in [3.05, 3.63) is 51.2 Å². The van der Waals surface area contributed by atoms with E-state index in [2.05, 4.69) is 4.99 Å². The maximum Gasteiger partial charge on any atom is 0.336 e. The topological polar surface area (TPSA) is 149 Å². The number of ether oxygens (including phenoxy) is 2. The SMILES string of the molecule is CCOC(=O)C1=C(CSCC(O)CO)N=C(C)C(C(=O)OCC)C1c1cccc([N+](=O)[O-])c1. The number of non-ortho nitro benzene ring substituents is 1. The molecule has 11 heteroatoms. The van der Waals surface area contributed by atoms with Crippen molar-refractivity contribution in [1.29, 1.82) is 0 Å². The third-order valence-corrected chi connectivity index (χ3v) is 6.05. The number of nitro benzene ring substituents is 1. The number of rotatable bonds is 11. The van der Waals surface area contributed by atoms with Gasteiger partial charge in [-0.1, -0.05) is 12.1 Å². The van der Waals surface area contributed by atoms with Crippen molar-refractivity contribution < 1.29 is 34.2 Å². The first-order valence-electron chi connectivity index (χ1n) is 10.5. The molecule has 3 unspecified atom stereocenters. The number of aliphatic imine (C=N–C) groups is 1. The van der Waals surface area contributed by atoms with Crippen LogP contribution in [0.25, 0.3) is 0 Å². The van der Waals surface area contributed by atoms with Crippen LogP contribution in [0.2, 0.25) is 0 Å². The third-order valence-electron chi connectivity index (χ3n) is 4.95. The summed E-state index contributed by atoms with van der Waals surface area (Å²) in [6.45, 7) is 4.74. The first-order chi connectivity index (χ1) is 15.7. The highest BCUT2D eigenvalue weighted by Crippen LogP contribution is 2.41. The summed E-state index contributed by atoms with van der Waals surface area (Å²) in [6.07, 6.45) is -0.935. The molecule has 0 spiro atoms. The van der Waals surface area contributed by atoms with Gasteiger partial charge in [-0.2, -0.15) is 11.8 Å². The molecule has 0 saturated carbocycles. The molecule has 33 heavy (non-hydrogen) atoms. The van der Waals surface area contributed by atoms with Gasteiger partial charge in [-0.3, -0.25) is 19.9 Å². The molecule has 10 nitrogen and oxygen atoms in total. The molecule has 0 bridgehead atoms. The molecular formula is C22H28N2O8S. The number of nitrogens with zero attached hydrogens (tertiary/aromatic N) is 2. The molecule has 1 aromatic rings. The Morgan fingerprint density at radius 3 is 2.58 bits per heavy atom. The molecule has 3 atom stereocenters. The Hall–Kier alpha value is -2.76. The molecule has 2 rings (SSSR count). The van der Waals surface area contributed by atoms with Crippen molar-refractivity contribution in [3.63, 3.8) is 0 Å². The van der Waals surface area contributed by atoms with Crippen LogP contribution in [0.5, 0.6) is 0 Å². The van der Waals surface area contributed by atoms with E-state index < -0.39 is 41.4 Å². The molecule has 0 radical (unpaired) electrons. The fourth-order valence-corrected chi connectivity index (χ4v) is 4.48. The van der Waals surface area contributed by atoms with Crippen LogP contribution in [0.15, 0.2) is 40.5 Å². The average Bonchev–Trinajstić information content (AvgIpc) is 2.78. The molecule has 2 N–H and O–H groups in total. The molecule has 1 aliphatic rings. The van der Waals surface area contributed by atoms with Gasteiger partial charge >= 0.3 is 11.9 Å². The van der Waals surface area contributed by atoms with Gasteiger partial charge in [0.15, 0.2) is 0 Å². The van der Waals surface area contributed by atoms with Crippen LogP contribution in [0.4, 0.5) is 5.69 Å². The molecule has 0 aromatic heterocycles. The van der Waals surface area contributed by atoms with Gasteiger partial charge < -0.3 is 19.7 Å². The zero-order valence-electron chi connectivity index (χ0n) is 18.7. The normalized spacial score (nSPS) is 19.0. The Morgan fingerprint density at radius 2 is 1.97 bits per heavy atom. The molecule has 1 aliphatic heterocycles. The highest BCUT2D eigenvalue weighted by atomic mass is 32.2. The quantitative estimate of drug-likeness (QED) is 0.276. The predicted molar refractivity (Wildman–Crippen MR) is 123 cm³/mol. The van der Waals surface area contributed by atoms with Crippen molar-refractivity contribution in [1.82, 2.24) is 0 Å². The highest BCUT2D eigenvalue weighted by Gasteiger charge is 2.43. The Kier molecular flexibility index (Phi) is 10.0. The second kappa shape index (κ2) is 12.5. The van der Waals surface area contributed by atoms with Gasteiger partial charge in [0, 0.05) is 35.3 Å². The molecule has 0 aliphatic carbocycles. The zero-order chi connectivity index (χ0) is 24.5. The lowest BCUT2D eigenvalue weighted by atomic mass is 9.75. The van der Waals surface area contributed by atoms with Crippen molar-refractivity contribution >= 4 is 35.1 Å². The van der Waals surface area contributed by atoms with Crippen molar-refractivity contribution in [2.45, 2.75) is 32.8 Å². The van der Waals surface area contributed by atoms with Crippen LogP contribution in [-0.2, 0) is 19.1 Å². The van der Waals surface area contributed by atoms with E-state index >= 15 is 0 Å². The lowest BCUT2D eigenvalue weighted by Gasteiger charge is -2.32. The van der Waals surface area contributed by atoms with E-state index in [0.717, 1.165) is 0 Å². The smallest absolute Gasteiger partial charge is 0.336 e. The van der Waals surface area contributed by atoms with Crippen molar-refractivity contribution in [2.75, 3.05) is 31.3 Å². The monoisotopic (exact) mass is 480 g/mol. The number of hydrogen-bond donors (Lipinski definition) is 2. The lowest BCUT2D eigenvalue weighted by molar-refractivity contribution is -0.384. The molecule has 0 amide bonds. The summed E-state index contributed by atoms with van der Waals surface area (Å²) in [6, 6.07) is 5.76. The molecule has 180 valence electrons. The fourth-order valence-electron chi connectivity index (χ4n) is 3.57. The second-order valence-corrected chi connectivity index (χ2v) is 8.28. The van der Waals surface area contributed by atoms with Crippen LogP contribution in [0, 0.1) is 16.0 Å². The molecule has 1 aromatic carbocycles. The number of thioether (sulfide) groups is 1. The summed E-state index contributed by atoms with van der Waals surface area (Å²) in [4.78, 5) is 41.3. The number of carbonyl (C=O) groups excluding carboxylic acids is 2. The van der Waals surface area contributed by atoms with E-state index in [4.69, 9.17) is 14.6 Å². The number of esters is 2. The number of hydrogen-bond acceptors (Lipinski definition) is 10. The van der Waals surface area contributed by atoms with Crippen LogP contribution in [-0.4, -0.2) is 70.2 Å². The summed E-state index contributed by atoms with van der Waals surface area (Å²) in [5.41, 5.74) is 1.07. The van der Waals surface area contributed by atoms with Crippen molar-refractivity contribution in [2.24, 2.45) is 10.9 Å². The van der Waals surface area contributed by atoms with Gasteiger partial charge in [0.1, 0.15) is 5.92 Å². The van der Waals surface area contributed by atoms with Crippen molar-refractivity contribution in [3.8, 4) is 0 Å². The van der Waals surface area contributed by atoms with E-state index in [1.807, 2.05) is 0 Å². The summed E-state index contributed by atoms with van der Waals surface area (Å²) < 4.78 is 10.5. The minimum Gasteiger partial charge on any atom is -0.465 e. The molecule has 1 heterocycles. The van der Waals surface area contributed by atoms with Gasteiger partial charge in [-0.25, -0.2) is 4.79 Å². The first kappa shape index (κ1) is 26.5. The number of aliphatic hydroxyl groups excluding tert-OH is 2. The van der Waals surface area contributed by atoms with E-state index in [-0.39, 0.29) is 36.0 Å². The summed E-state index contributed by atoms with van der Waals surface area (Å²) >= 11 is 1.25.